The molecule has 0 radical (unpaired) electrons. The molecule has 0 aliphatic carbocycles. The maximum absolute atomic E-state index is 13.0. The van der Waals surface area contributed by atoms with E-state index in [4.69, 9.17) is 4.74 Å². The minimum Gasteiger partial charge on any atom is -0.493 e. The molecule has 0 spiro atoms. The molecule has 4 rings (SSSR count). The molecule has 0 bridgehead atoms. The molecule has 0 aromatic heterocycles. The number of nitrogens with zero attached hydrogens (tertiary/aromatic N) is 1. The van der Waals surface area contributed by atoms with Gasteiger partial charge in [0.2, 0.25) is 0 Å². The van der Waals surface area contributed by atoms with Crippen LogP contribution in [-0.2, 0) is 6.54 Å². The zero-order valence-electron chi connectivity index (χ0n) is 17.3. The van der Waals surface area contributed by atoms with Crippen molar-refractivity contribution in [2.24, 2.45) is 0 Å². The molecule has 3 aromatic rings. The maximum Gasteiger partial charge on any atom is 0.261 e. The van der Waals surface area contributed by atoms with E-state index < -0.39 is 0 Å². The van der Waals surface area contributed by atoms with Crippen LogP contribution in [0.25, 0.3) is 0 Å². The van der Waals surface area contributed by atoms with Crippen molar-refractivity contribution in [2.45, 2.75) is 20.4 Å². The third kappa shape index (κ3) is 4.05. The van der Waals surface area contributed by atoms with E-state index in [2.05, 4.69) is 5.32 Å². The lowest BCUT2D eigenvalue weighted by Crippen LogP contribution is -2.29. The van der Waals surface area contributed by atoms with Gasteiger partial charge in [0.05, 0.1) is 29.8 Å². The summed E-state index contributed by atoms with van der Waals surface area (Å²) in [5.41, 5.74) is 3.51. The summed E-state index contributed by atoms with van der Waals surface area (Å²) in [6.07, 6.45) is 0. The lowest BCUT2D eigenvalue weighted by atomic mass is 10.1. The summed E-state index contributed by atoms with van der Waals surface area (Å²) in [5.74, 6) is -0.544. The van der Waals surface area contributed by atoms with Crippen LogP contribution in [0, 0.1) is 6.92 Å². The fraction of sp³-hybridized carbons (Fsp3) is 0.160. The fourth-order valence-electron chi connectivity index (χ4n) is 3.62. The van der Waals surface area contributed by atoms with E-state index in [1.807, 2.05) is 38.1 Å². The summed E-state index contributed by atoms with van der Waals surface area (Å²) in [7, 11) is 0. The molecule has 1 N–H and O–H groups in total. The first-order chi connectivity index (χ1) is 15.0. The Labute approximate surface area is 180 Å². The van der Waals surface area contributed by atoms with Gasteiger partial charge in [0.25, 0.3) is 17.7 Å². The number of benzene rings is 3. The molecule has 1 heterocycles. The molecule has 1 aliphatic rings. The van der Waals surface area contributed by atoms with Gasteiger partial charge in [0, 0.05) is 5.69 Å². The molecule has 1 aliphatic heterocycles. The number of aryl methyl sites for hydroxylation is 1. The van der Waals surface area contributed by atoms with Gasteiger partial charge in [-0.3, -0.25) is 19.3 Å². The van der Waals surface area contributed by atoms with Crippen LogP contribution < -0.4 is 10.1 Å². The number of carbonyl (C=O) groups excluding carboxylic acids is 3. The van der Waals surface area contributed by atoms with Crippen molar-refractivity contribution in [3.63, 3.8) is 0 Å². The summed E-state index contributed by atoms with van der Waals surface area (Å²) in [6.45, 7) is 4.27. The highest BCUT2D eigenvalue weighted by Gasteiger charge is 2.35. The van der Waals surface area contributed by atoms with E-state index in [-0.39, 0.29) is 24.3 Å². The van der Waals surface area contributed by atoms with E-state index in [9.17, 15) is 14.4 Å². The topological polar surface area (TPSA) is 75.7 Å². The molecule has 31 heavy (non-hydrogen) atoms. The number of hydrogen-bond donors (Lipinski definition) is 1. The first kappa shape index (κ1) is 20.3. The zero-order valence-corrected chi connectivity index (χ0v) is 17.3. The van der Waals surface area contributed by atoms with Crippen molar-refractivity contribution in [3.8, 4) is 5.75 Å². The molecule has 0 saturated heterocycles. The quantitative estimate of drug-likeness (QED) is 0.605. The average molecular weight is 414 g/mol. The Balaban J connectivity index is 1.61. The van der Waals surface area contributed by atoms with Crippen LogP contribution in [0.1, 0.15) is 49.1 Å². The van der Waals surface area contributed by atoms with Gasteiger partial charge in [-0.25, -0.2) is 0 Å². The SMILES string of the molecule is CCOc1ccc(CN2C(=O)c3ccccc3C2=O)cc1C(=O)Nc1cccc(C)c1. The van der Waals surface area contributed by atoms with Gasteiger partial charge in [0.15, 0.2) is 0 Å². The van der Waals surface area contributed by atoms with Crippen LogP contribution in [0.2, 0.25) is 0 Å². The number of fused-ring (bicyclic) bond motifs is 1. The van der Waals surface area contributed by atoms with Gasteiger partial charge in [-0.1, -0.05) is 30.3 Å². The van der Waals surface area contributed by atoms with Crippen LogP contribution in [0.3, 0.4) is 0 Å². The Hall–Kier alpha value is -3.93. The minimum atomic E-state index is -0.333. The number of imide groups is 1. The lowest BCUT2D eigenvalue weighted by Gasteiger charge is -2.16. The second-order valence-corrected chi connectivity index (χ2v) is 7.33. The number of rotatable bonds is 6. The zero-order chi connectivity index (χ0) is 22.0. The van der Waals surface area contributed by atoms with Crippen molar-refractivity contribution in [2.75, 3.05) is 11.9 Å². The number of nitrogens with one attached hydrogen (secondary N) is 1. The third-order valence-electron chi connectivity index (χ3n) is 5.08. The highest BCUT2D eigenvalue weighted by atomic mass is 16.5. The second kappa shape index (κ2) is 8.44. The molecule has 0 unspecified atom stereocenters. The molecule has 3 aromatic carbocycles. The smallest absolute Gasteiger partial charge is 0.261 e. The number of anilines is 1. The first-order valence-corrected chi connectivity index (χ1v) is 10.1. The van der Waals surface area contributed by atoms with Gasteiger partial charge in [-0.2, -0.15) is 0 Å². The highest BCUT2D eigenvalue weighted by Crippen LogP contribution is 2.27. The van der Waals surface area contributed by atoms with E-state index in [0.29, 0.717) is 40.3 Å². The molecule has 0 atom stereocenters. The normalized spacial score (nSPS) is 12.6. The number of hydrogen-bond acceptors (Lipinski definition) is 4. The standard InChI is InChI=1S/C25H22N2O4/c1-3-31-22-12-11-17(14-21(22)23(28)26-18-8-6-7-16(2)13-18)15-27-24(29)19-9-4-5-10-20(19)25(27)30/h4-14H,3,15H2,1-2H3,(H,26,28). The van der Waals surface area contributed by atoms with Crippen LogP contribution in [0.5, 0.6) is 5.75 Å². The van der Waals surface area contributed by atoms with Gasteiger partial charge in [0.1, 0.15) is 5.75 Å². The Morgan fingerprint density at radius 2 is 1.65 bits per heavy atom. The molecule has 0 saturated carbocycles. The van der Waals surface area contributed by atoms with Gasteiger partial charge >= 0.3 is 0 Å². The summed E-state index contributed by atoms with van der Waals surface area (Å²) in [6, 6.07) is 19.4. The van der Waals surface area contributed by atoms with Crippen molar-refractivity contribution in [3.05, 3.63) is 94.5 Å². The summed E-state index contributed by atoms with van der Waals surface area (Å²) in [5, 5.41) is 2.88. The Kier molecular flexibility index (Phi) is 5.54. The largest absolute Gasteiger partial charge is 0.493 e. The molecule has 156 valence electrons. The molecule has 3 amide bonds. The lowest BCUT2D eigenvalue weighted by molar-refractivity contribution is 0.0642. The number of amides is 3. The van der Waals surface area contributed by atoms with Crippen molar-refractivity contribution in [1.82, 2.24) is 4.90 Å². The summed E-state index contributed by atoms with van der Waals surface area (Å²) >= 11 is 0. The van der Waals surface area contributed by atoms with E-state index in [0.717, 1.165) is 5.56 Å². The van der Waals surface area contributed by atoms with Crippen LogP contribution >= 0.6 is 0 Å². The number of ether oxygens (including phenoxy) is 1. The second-order valence-electron chi connectivity index (χ2n) is 7.33. The maximum atomic E-state index is 13.0. The molecule has 0 fully saturated rings. The third-order valence-corrected chi connectivity index (χ3v) is 5.08. The van der Waals surface area contributed by atoms with Gasteiger partial charge in [-0.15, -0.1) is 0 Å². The molecular formula is C25H22N2O4. The van der Waals surface area contributed by atoms with Crippen LogP contribution in [0.4, 0.5) is 5.69 Å². The van der Waals surface area contributed by atoms with Crippen molar-refractivity contribution in [1.29, 1.82) is 0 Å². The average Bonchev–Trinajstić information content (AvgIpc) is 3.00. The van der Waals surface area contributed by atoms with E-state index in [1.165, 1.54) is 4.90 Å². The van der Waals surface area contributed by atoms with Crippen LogP contribution in [-0.4, -0.2) is 29.2 Å². The monoisotopic (exact) mass is 414 g/mol. The fourth-order valence-corrected chi connectivity index (χ4v) is 3.62. The van der Waals surface area contributed by atoms with Gasteiger partial charge < -0.3 is 10.1 Å². The van der Waals surface area contributed by atoms with Crippen molar-refractivity contribution >= 4 is 23.4 Å². The van der Waals surface area contributed by atoms with E-state index >= 15 is 0 Å². The Bertz CT molecular complexity index is 1150. The van der Waals surface area contributed by atoms with Crippen molar-refractivity contribution < 1.29 is 19.1 Å². The Morgan fingerprint density at radius 1 is 0.935 bits per heavy atom. The molecular weight excluding hydrogens is 392 g/mol. The van der Waals surface area contributed by atoms with Gasteiger partial charge in [-0.05, 0) is 61.4 Å². The minimum absolute atomic E-state index is 0.0729. The Morgan fingerprint density at radius 3 is 2.29 bits per heavy atom. The summed E-state index contributed by atoms with van der Waals surface area (Å²) in [4.78, 5) is 39.5. The summed E-state index contributed by atoms with van der Waals surface area (Å²) < 4.78 is 5.63. The molecule has 6 nitrogen and oxygen atoms in total. The number of carbonyl (C=O) groups is 3. The predicted molar refractivity (Wildman–Crippen MR) is 117 cm³/mol. The van der Waals surface area contributed by atoms with Crippen LogP contribution in [0.15, 0.2) is 66.7 Å². The van der Waals surface area contributed by atoms with E-state index in [1.54, 1.807) is 42.5 Å². The predicted octanol–water partition coefficient (Wildman–Crippen LogP) is 4.44. The molecule has 6 heteroatoms. The highest BCUT2D eigenvalue weighted by molar-refractivity contribution is 6.21. The first-order valence-electron chi connectivity index (χ1n) is 10.1.